The van der Waals surface area contributed by atoms with Gasteiger partial charge in [0.15, 0.2) is 0 Å². The summed E-state index contributed by atoms with van der Waals surface area (Å²) in [5.41, 5.74) is 4.23. The van der Waals surface area contributed by atoms with Gasteiger partial charge in [-0.25, -0.2) is 0 Å². The molecule has 1 atom stereocenters. The number of aryl methyl sites for hydroxylation is 2. The molecule has 0 bridgehead atoms. The molecule has 0 aromatic heterocycles. The molecule has 17 heavy (non-hydrogen) atoms. The summed E-state index contributed by atoms with van der Waals surface area (Å²) in [6.45, 7) is 6.74. The molecule has 94 valence electrons. The molecule has 1 nitrogen and oxygen atoms in total. The van der Waals surface area contributed by atoms with Crippen LogP contribution >= 0.6 is 15.9 Å². The Bertz CT molecular complexity index is 355. The Hall–Kier alpha value is -0.340. The zero-order valence-electron chi connectivity index (χ0n) is 10.9. The van der Waals surface area contributed by atoms with E-state index in [2.05, 4.69) is 52.9 Å². The Labute approximate surface area is 113 Å². The zero-order chi connectivity index (χ0) is 12.3. The molecule has 1 aromatic rings. The van der Waals surface area contributed by atoms with Gasteiger partial charge >= 0.3 is 0 Å². The fraction of sp³-hybridized carbons (Fsp3) is 0.600. The van der Waals surface area contributed by atoms with Crippen LogP contribution in [0.25, 0.3) is 0 Å². The quantitative estimate of drug-likeness (QED) is 0.761. The number of hydrogen-bond donors (Lipinski definition) is 0. The number of hydrogen-bond acceptors (Lipinski definition) is 1. The first-order valence-electron chi connectivity index (χ1n) is 6.56. The molecular formula is C15H22BrN. The minimum absolute atomic E-state index is 0.726. The van der Waals surface area contributed by atoms with Crippen molar-refractivity contribution in [2.45, 2.75) is 45.7 Å². The van der Waals surface area contributed by atoms with Crippen LogP contribution in [0.2, 0.25) is 0 Å². The standard InChI is InChI=1S/C15H22BrN/c1-12-7-13(2)9-14(8-12)11-17-6-4-3-5-15(17)10-16/h7-9,15H,3-6,10-11H2,1-2H3. The van der Waals surface area contributed by atoms with Crippen molar-refractivity contribution in [3.63, 3.8) is 0 Å². The Kier molecular flexibility index (Phi) is 4.63. The molecule has 0 aliphatic carbocycles. The number of rotatable bonds is 3. The van der Waals surface area contributed by atoms with Crippen molar-refractivity contribution in [3.05, 3.63) is 34.9 Å². The smallest absolute Gasteiger partial charge is 0.0237 e. The maximum Gasteiger partial charge on any atom is 0.0237 e. The topological polar surface area (TPSA) is 3.24 Å². The summed E-state index contributed by atoms with van der Waals surface area (Å²) in [6.07, 6.45) is 4.09. The van der Waals surface area contributed by atoms with Gasteiger partial charge in [0.25, 0.3) is 0 Å². The molecule has 0 saturated carbocycles. The summed E-state index contributed by atoms with van der Waals surface area (Å²) in [6, 6.07) is 7.63. The van der Waals surface area contributed by atoms with Crippen LogP contribution in [0.5, 0.6) is 0 Å². The highest BCUT2D eigenvalue weighted by molar-refractivity contribution is 9.09. The van der Waals surface area contributed by atoms with E-state index in [4.69, 9.17) is 0 Å². The van der Waals surface area contributed by atoms with E-state index in [9.17, 15) is 0 Å². The monoisotopic (exact) mass is 295 g/mol. The average molecular weight is 296 g/mol. The third-order valence-corrected chi connectivity index (χ3v) is 4.34. The van der Waals surface area contributed by atoms with Gasteiger partial charge < -0.3 is 0 Å². The van der Waals surface area contributed by atoms with Crippen LogP contribution in [-0.2, 0) is 6.54 Å². The van der Waals surface area contributed by atoms with Crippen molar-refractivity contribution in [1.29, 1.82) is 0 Å². The maximum atomic E-state index is 3.65. The SMILES string of the molecule is Cc1cc(C)cc(CN2CCCCC2CBr)c1. The summed E-state index contributed by atoms with van der Waals surface area (Å²) in [5.74, 6) is 0. The predicted molar refractivity (Wildman–Crippen MR) is 77.8 cm³/mol. The van der Waals surface area contributed by atoms with Crippen LogP contribution < -0.4 is 0 Å². The summed E-state index contributed by atoms with van der Waals surface area (Å²) in [4.78, 5) is 2.63. The molecule has 1 saturated heterocycles. The van der Waals surface area contributed by atoms with E-state index in [-0.39, 0.29) is 0 Å². The predicted octanol–water partition coefficient (Wildman–Crippen LogP) is 4.05. The van der Waals surface area contributed by atoms with Crippen molar-refractivity contribution >= 4 is 15.9 Å². The molecule has 2 heteroatoms. The molecule has 2 rings (SSSR count). The molecular weight excluding hydrogens is 274 g/mol. The van der Waals surface area contributed by atoms with Gasteiger partial charge in [0, 0.05) is 17.9 Å². The second-order valence-electron chi connectivity index (χ2n) is 5.27. The lowest BCUT2D eigenvalue weighted by molar-refractivity contribution is 0.156. The van der Waals surface area contributed by atoms with E-state index >= 15 is 0 Å². The molecule has 1 aliphatic rings. The minimum atomic E-state index is 0.726. The molecule has 1 aliphatic heterocycles. The molecule has 1 aromatic carbocycles. The van der Waals surface area contributed by atoms with E-state index < -0.39 is 0 Å². The van der Waals surface area contributed by atoms with Crippen LogP contribution in [0, 0.1) is 13.8 Å². The number of likely N-dealkylation sites (tertiary alicyclic amines) is 1. The average Bonchev–Trinajstić information content (AvgIpc) is 2.28. The Morgan fingerprint density at radius 3 is 2.53 bits per heavy atom. The molecule has 0 N–H and O–H groups in total. The van der Waals surface area contributed by atoms with Crippen molar-refractivity contribution in [3.8, 4) is 0 Å². The van der Waals surface area contributed by atoms with Crippen LogP contribution in [0.1, 0.15) is 36.0 Å². The Balaban J connectivity index is 2.08. The molecule has 1 heterocycles. The molecule has 0 spiro atoms. The third-order valence-electron chi connectivity index (χ3n) is 3.59. The summed E-state index contributed by atoms with van der Waals surface area (Å²) < 4.78 is 0. The van der Waals surface area contributed by atoms with Gasteiger partial charge in [-0.15, -0.1) is 0 Å². The van der Waals surface area contributed by atoms with Gasteiger partial charge in [0.2, 0.25) is 0 Å². The molecule has 0 radical (unpaired) electrons. The van der Waals surface area contributed by atoms with E-state index in [1.54, 1.807) is 0 Å². The number of benzene rings is 1. The van der Waals surface area contributed by atoms with Gasteiger partial charge in [0.1, 0.15) is 0 Å². The highest BCUT2D eigenvalue weighted by atomic mass is 79.9. The second kappa shape index (κ2) is 6.01. The van der Waals surface area contributed by atoms with E-state index in [0.717, 1.165) is 17.9 Å². The number of halogens is 1. The first-order chi connectivity index (χ1) is 8.19. The van der Waals surface area contributed by atoms with Crippen LogP contribution in [0.3, 0.4) is 0 Å². The second-order valence-corrected chi connectivity index (χ2v) is 5.92. The number of piperidine rings is 1. The first-order valence-corrected chi connectivity index (χ1v) is 7.68. The highest BCUT2D eigenvalue weighted by Gasteiger charge is 2.21. The van der Waals surface area contributed by atoms with Gasteiger partial charge in [-0.1, -0.05) is 51.7 Å². The van der Waals surface area contributed by atoms with E-state index in [1.807, 2.05) is 0 Å². The van der Waals surface area contributed by atoms with E-state index in [1.165, 1.54) is 42.5 Å². The summed E-state index contributed by atoms with van der Waals surface area (Å²) >= 11 is 3.65. The fourth-order valence-electron chi connectivity index (χ4n) is 2.84. The lowest BCUT2D eigenvalue weighted by Crippen LogP contribution is -2.39. The summed E-state index contributed by atoms with van der Waals surface area (Å²) in [7, 11) is 0. The maximum absolute atomic E-state index is 3.65. The lowest BCUT2D eigenvalue weighted by atomic mass is 10.0. The summed E-state index contributed by atoms with van der Waals surface area (Å²) in [5, 5.41) is 1.11. The Morgan fingerprint density at radius 1 is 1.18 bits per heavy atom. The van der Waals surface area contributed by atoms with Gasteiger partial charge in [-0.3, -0.25) is 4.90 Å². The highest BCUT2D eigenvalue weighted by Crippen LogP contribution is 2.21. The van der Waals surface area contributed by atoms with Crippen molar-refractivity contribution in [2.24, 2.45) is 0 Å². The van der Waals surface area contributed by atoms with Crippen molar-refractivity contribution in [2.75, 3.05) is 11.9 Å². The number of nitrogens with zero attached hydrogens (tertiary/aromatic N) is 1. The van der Waals surface area contributed by atoms with Crippen LogP contribution in [0.4, 0.5) is 0 Å². The third kappa shape index (κ3) is 3.56. The molecule has 0 amide bonds. The fourth-order valence-corrected chi connectivity index (χ4v) is 3.57. The zero-order valence-corrected chi connectivity index (χ0v) is 12.5. The van der Waals surface area contributed by atoms with Crippen molar-refractivity contribution in [1.82, 2.24) is 4.90 Å². The van der Waals surface area contributed by atoms with Gasteiger partial charge in [0.05, 0.1) is 0 Å². The molecule has 1 unspecified atom stereocenters. The Morgan fingerprint density at radius 2 is 1.88 bits per heavy atom. The lowest BCUT2D eigenvalue weighted by Gasteiger charge is -2.34. The normalized spacial score (nSPS) is 21.7. The van der Waals surface area contributed by atoms with Gasteiger partial charge in [-0.2, -0.15) is 0 Å². The van der Waals surface area contributed by atoms with Gasteiger partial charge in [-0.05, 0) is 38.8 Å². The van der Waals surface area contributed by atoms with Crippen LogP contribution in [-0.4, -0.2) is 22.8 Å². The largest absolute Gasteiger partial charge is 0.295 e. The first kappa shape index (κ1) is 13.1. The van der Waals surface area contributed by atoms with E-state index in [0.29, 0.717) is 0 Å². The van der Waals surface area contributed by atoms with Crippen molar-refractivity contribution < 1.29 is 0 Å². The molecule has 1 fully saturated rings. The minimum Gasteiger partial charge on any atom is -0.295 e. The number of alkyl halides is 1. The van der Waals surface area contributed by atoms with Crippen LogP contribution in [0.15, 0.2) is 18.2 Å².